The summed E-state index contributed by atoms with van der Waals surface area (Å²) in [6.07, 6.45) is 0. The third kappa shape index (κ3) is 7.47. The molecule has 0 bridgehead atoms. The van der Waals surface area contributed by atoms with Gasteiger partial charge in [-0.05, 0) is 48.9 Å². The Kier molecular flexibility index (Phi) is 9.79. The molecule has 0 spiro atoms. The second kappa shape index (κ2) is 11.6. The van der Waals surface area contributed by atoms with Crippen LogP contribution in [0.4, 0.5) is 4.39 Å². The summed E-state index contributed by atoms with van der Waals surface area (Å²) in [5.41, 5.74) is 1.02. The maximum absolute atomic E-state index is 12.9. The molecule has 2 aromatic carbocycles. The fraction of sp³-hybridized carbons (Fsp3) is 0.316. The van der Waals surface area contributed by atoms with Crippen molar-refractivity contribution < 1.29 is 14.2 Å². The van der Waals surface area contributed by atoms with Gasteiger partial charge in [-0.1, -0.05) is 12.1 Å². The average Bonchev–Trinajstić information content (AvgIpc) is 2.61. The topological polar surface area (TPSA) is 57.1 Å². The number of aliphatic imine (C=N–C) groups is 1. The highest BCUT2D eigenvalue weighted by Gasteiger charge is 2.06. The number of ether oxygens (including phenoxy) is 1. The number of likely N-dealkylation sites (N-methyl/N-ethyl adjacent to an activating group) is 1. The first-order chi connectivity index (χ1) is 12.1. The molecule has 0 aliphatic heterocycles. The molecular weight excluding hydrogens is 448 g/mol. The van der Waals surface area contributed by atoms with Gasteiger partial charge in [-0.25, -0.2) is 9.38 Å². The molecule has 7 heteroatoms. The summed E-state index contributed by atoms with van der Waals surface area (Å²) in [4.78, 5) is 6.57. The molecule has 0 unspecified atom stereocenters. The van der Waals surface area contributed by atoms with Crippen molar-refractivity contribution in [3.8, 4) is 11.5 Å². The zero-order valence-electron chi connectivity index (χ0n) is 15.0. The van der Waals surface area contributed by atoms with Crippen molar-refractivity contribution in [2.75, 3.05) is 26.7 Å². The summed E-state index contributed by atoms with van der Waals surface area (Å²) in [6, 6.07) is 13.0. The highest BCUT2D eigenvalue weighted by Crippen LogP contribution is 2.11. The predicted octanol–water partition coefficient (Wildman–Crippen LogP) is 3.63. The Hall–Kier alpha value is -2.03. The number of phenolic OH excluding ortho intramolecular Hbond substituents is 1. The van der Waals surface area contributed by atoms with E-state index in [1.807, 2.05) is 31.0 Å². The van der Waals surface area contributed by atoms with Crippen molar-refractivity contribution in [3.63, 3.8) is 0 Å². The van der Waals surface area contributed by atoms with Crippen LogP contribution in [0.1, 0.15) is 12.5 Å². The Labute approximate surface area is 170 Å². The summed E-state index contributed by atoms with van der Waals surface area (Å²) >= 11 is 0. The first kappa shape index (κ1) is 22.0. The number of aromatic hydroxyl groups is 1. The SMILES string of the molecule is CCNC(=NCc1ccc(O)cc1)N(C)CCOc1ccc(F)cc1.I. The van der Waals surface area contributed by atoms with E-state index in [9.17, 15) is 9.50 Å². The molecule has 0 heterocycles. The molecule has 0 radical (unpaired) electrons. The average molecular weight is 473 g/mol. The van der Waals surface area contributed by atoms with Crippen LogP contribution in [-0.4, -0.2) is 42.7 Å². The Balaban J connectivity index is 0.00000338. The molecule has 0 fully saturated rings. The number of nitrogens with one attached hydrogen (secondary N) is 1. The van der Waals surface area contributed by atoms with Crippen LogP contribution in [0, 0.1) is 5.82 Å². The number of phenols is 1. The van der Waals surface area contributed by atoms with E-state index in [-0.39, 0.29) is 35.5 Å². The van der Waals surface area contributed by atoms with E-state index in [4.69, 9.17) is 4.74 Å². The monoisotopic (exact) mass is 473 g/mol. The van der Waals surface area contributed by atoms with Crippen molar-refractivity contribution in [1.29, 1.82) is 0 Å². The maximum Gasteiger partial charge on any atom is 0.194 e. The van der Waals surface area contributed by atoms with Gasteiger partial charge in [-0.3, -0.25) is 0 Å². The molecule has 0 atom stereocenters. The minimum Gasteiger partial charge on any atom is -0.508 e. The third-order valence-electron chi connectivity index (χ3n) is 3.55. The van der Waals surface area contributed by atoms with E-state index in [1.54, 1.807) is 24.3 Å². The van der Waals surface area contributed by atoms with Crippen LogP contribution in [0.3, 0.4) is 0 Å². The summed E-state index contributed by atoms with van der Waals surface area (Å²) in [5, 5.41) is 12.6. The van der Waals surface area contributed by atoms with Gasteiger partial charge in [0.25, 0.3) is 0 Å². The van der Waals surface area contributed by atoms with Crippen LogP contribution in [-0.2, 0) is 6.54 Å². The third-order valence-corrected chi connectivity index (χ3v) is 3.55. The van der Waals surface area contributed by atoms with Crippen LogP contribution < -0.4 is 10.1 Å². The fourth-order valence-electron chi connectivity index (χ4n) is 2.17. The molecule has 0 aliphatic carbocycles. The first-order valence-corrected chi connectivity index (χ1v) is 8.24. The van der Waals surface area contributed by atoms with Gasteiger partial charge in [0, 0.05) is 13.6 Å². The van der Waals surface area contributed by atoms with Crippen molar-refractivity contribution in [3.05, 3.63) is 59.9 Å². The van der Waals surface area contributed by atoms with Gasteiger partial charge in [0.2, 0.25) is 0 Å². The lowest BCUT2D eigenvalue weighted by Gasteiger charge is -2.22. The van der Waals surface area contributed by atoms with Gasteiger partial charge >= 0.3 is 0 Å². The van der Waals surface area contributed by atoms with Gasteiger partial charge in [0.1, 0.15) is 23.9 Å². The minimum atomic E-state index is -0.278. The largest absolute Gasteiger partial charge is 0.508 e. The number of halogens is 2. The number of nitrogens with zero attached hydrogens (tertiary/aromatic N) is 2. The van der Waals surface area contributed by atoms with E-state index < -0.39 is 0 Å². The molecular formula is C19H25FIN3O2. The Bertz CT molecular complexity index is 678. The standard InChI is InChI=1S/C19H24FN3O2.HI/c1-3-21-19(22-14-15-4-8-17(24)9-5-15)23(2)12-13-25-18-10-6-16(20)7-11-18;/h4-11,24H,3,12-14H2,1-2H3,(H,21,22);1H. The molecule has 0 saturated carbocycles. The van der Waals surface area contributed by atoms with Crippen LogP contribution in [0.2, 0.25) is 0 Å². The Morgan fingerprint density at radius 3 is 2.42 bits per heavy atom. The van der Waals surface area contributed by atoms with Crippen molar-refractivity contribution in [2.24, 2.45) is 4.99 Å². The quantitative estimate of drug-likeness (QED) is 0.367. The van der Waals surface area contributed by atoms with E-state index in [1.165, 1.54) is 12.1 Å². The smallest absolute Gasteiger partial charge is 0.194 e. The normalized spacial score (nSPS) is 10.8. The number of rotatable bonds is 7. The lowest BCUT2D eigenvalue weighted by atomic mass is 10.2. The van der Waals surface area contributed by atoms with E-state index in [0.717, 1.165) is 18.1 Å². The molecule has 2 aromatic rings. The Morgan fingerprint density at radius 2 is 1.81 bits per heavy atom. The van der Waals surface area contributed by atoms with Crippen LogP contribution in [0.25, 0.3) is 0 Å². The maximum atomic E-state index is 12.9. The van der Waals surface area contributed by atoms with Gasteiger partial charge in [-0.15, -0.1) is 24.0 Å². The molecule has 142 valence electrons. The summed E-state index contributed by atoms with van der Waals surface area (Å²) in [6.45, 7) is 4.40. The zero-order chi connectivity index (χ0) is 18.1. The molecule has 0 amide bonds. The second-order valence-corrected chi connectivity index (χ2v) is 5.56. The van der Waals surface area contributed by atoms with Gasteiger partial charge < -0.3 is 20.1 Å². The summed E-state index contributed by atoms with van der Waals surface area (Å²) in [7, 11) is 1.94. The predicted molar refractivity (Wildman–Crippen MR) is 113 cm³/mol. The van der Waals surface area contributed by atoms with E-state index >= 15 is 0 Å². The summed E-state index contributed by atoms with van der Waals surface area (Å²) < 4.78 is 18.5. The number of hydrogen-bond acceptors (Lipinski definition) is 3. The molecule has 2 N–H and O–H groups in total. The van der Waals surface area contributed by atoms with Crippen LogP contribution >= 0.6 is 24.0 Å². The Morgan fingerprint density at radius 1 is 1.15 bits per heavy atom. The van der Waals surface area contributed by atoms with Crippen molar-refractivity contribution >= 4 is 29.9 Å². The van der Waals surface area contributed by atoms with Crippen molar-refractivity contribution in [2.45, 2.75) is 13.5 Å². The van der Waals surface area contributed by atoms with Crippen LogP contribution in [0.15, 0.2) is 53.5 Å². The zero-order valence-corrected chi connectivity index (χ0v) is 17.3. The highest BCUT2D eigenvalue weighted by molar-refractivity contribution is 14.0. The molecule has 26 heavy (non-hydrogen) atoms. The molecule has 0 saturated heterocycles. The van der Waals surface area contributed by atoms with Crippen LogP contribution in [0.5, 0.6) is 11.5 Å². The van der Waals surface area contributed by atoms with E-state index in [2.05, 4.69) is 10.3 Å². The van der Waals surface area contributed by atoms with E-state index in [0.29, 0.717) is 25.4 Å². The molecule has 2 rings (SSSR count). The molecule has 0 aromatic heterocycles. The number of guanidine groups is 1. The van der Waals surface area contributed by atoms with Gasteiger partial charge in [0.15, 0.2) is 5.96 Å². The first-order valence-electron chi connectivity index (χ1n) is 8.24. The molecule has 5 nitrogen and oxygen atoms in total. The second-order valence-electron chi connectivity index (χ2n) is 5.56. The lowest BCUT2D eigenvalue weighted by molar-refractivity contribution is 0.281. The lowest BCUT2D eigenvalue weighted by Crippen LogP contribution is -2.40. The number of benzene rings is 2. The highest BCUT2D eigenvalue weighted by atomic mass is 127. The summed E-state index contributed by atoms with van der Waals surface area (Å²) in [5.74, 6) is 1.38. The van der Waals surface area contributed by atoms with Crippen molar-refractivity contribution in [1.82, 2.24) is 10.2 Å². The number of hydrogen-bond donors (Lipinski definition) is 2. The molecule has 0 aliphatic rings. The van der Waals surface area contributed by atoms with Gasteiger partial charge in [-0.2, -0.15) is 0 Å². The minimum absolute atomic E-state index is 0. The fourth-order valence-corrected chi connectivity index (χ4v) is 2.17. The van der Waals surface area contributed by atoms with Gasteiger partial charge in [0.05, 0.1) is 13.1 Å².